The maximum Gasteiger partial charge on any atom is 0.248 e. The van der Waals surface area contributed by atoms with E-state index in [-0.39, 0.29) is 12.5 Å². The van der Waals surface area contributed by atoms with Crippen LogP contribution in [-0.4, -0.2) is 57.9 Å². The molecule has 0 aliphatic rings. The van der Waals surface area contributed by atoms with Crippen molar-refractivity contribution >= 4 is 5.91 Å². The van der Waals surface area contributed by atoms with Crippen molar-refractivity contribution in [3.63, 3.8) is 0 Å². The summed E-state index contributed by atoms with van der Waals surface area (Å²) in [5.41, 5.74) is 5.47. The minimum Gasteiger partial charge on any atom is -0.382 e. The zero-order chi connectivity index (χ0) is 11.7. The molecule has 2 N–H and O–H groups in total. The summed E-state index contributed by atoms with van der Waals surface area (Å²) < 4.78 is 9.92. The van der Waals surface area contributed by atoms with Crippen LogP contribution in [0.25, 0.3) is 0 Å². The number of nitrogens with zero attached hydrogens (tertiary/aromatic N) is 1. The molecule has 0 aliphatic heterocycles. The lowest BCUT2D eigenvalue weighted by atomic mass is 10.2. The average Bonchev–Trinajstić information content (AvgIpc) is 2.23. The molecular formula is C10H22N2O3. The number of likely N-dealkylation sites (N-methyl/N-ethyl adjacent to an activating group) is 1. The number of rotatable bonds is 8. The Morgan fingerprint density at radius 3 is 2.67 bits per heavy atom. The SMILES string of the molecule is COCCOCC(=O)N(C)CC(C)CN. The van der Waals surface area contributed by atoms with Crippen molar-refractivity contribution in [1.82, 2.24) is 4.90 Å². The molecule has 15 heavy (non-hydrogen) atoms. The first kappa shape index (κ1) is 14.3. The standard InChI is InChI=1S/C10H22N2O3/c1-9(6-11)7-12(2)10(13)8-15-5-4-14-3/h9H,4-8,11H2,1-3H3. The third kappa shape index (κ3) is 7.30. The summed E-state index contributed by atoms with van der Waals surface area (Å²) in [4.78, 5) is 13.1. The predicted molar refractivity (Wildman–Crippen MR) is 58.6 cm³/mol. The lowest BCUT2D eigenvalue weighted by Gasteiger charge is -2.20. The van der Waals surface area contributed by atoms with Gasteiger partial charge in [0.05, 0.1) is 13.2 Å². The molecule has 0 aliphatic carbocycles. The van der Waals surface area contributed by atoms with Crippen LogP contribution in [0.4, 0.5) is 0 Å². The number of hydrogen-bond donors (Lipinski definition) is 1. The number of amides is 1. The highest BCUT2D eigenvalue weighted by atomic mass is 16.5. The maximum atomic E-state index is 11.5. The van der Waals surface area contributed by atoms with Crippen LogP contribution in [0.15, 0.2) is 0 Å². The van der Waals surface area contributed by atoms with Crippen LogP contribution in [0.5, 0.6) is 0 Å². The summed E-state index contributed by atoms with van der Waals surface area (Å²) in [5, 5.41) is 0. The topological polar surface area (TPSA) is 64.8 Å². The van der Waals surface area contributed by atoms with E-state index in [1.54, 1.807) is 19.1 Å². The van der Waals surface area contributed by atoms with Crippen LogP contribution in [0.1, 0.15) is 6.92 Å². The molecule has 0 rings (SSSR count). The summed E-state index contributed by atoms with van der Waals surface area (Å²) in [7, 11) is 3.36. The number of carbonyl (C=O) groups is 1. The van der Waals surface area contributed by atoms with Gasteiger partial charge in [0.1, 0.15) is 6.61 Å². The summed E-state index contributed by atoms with van der Waals surface area (Å²) in [5.74, 6) is 0.296. The number of methoxy groups -OCH3 is 1. The van der Waals surface area contributed by atoms with Crippen molar-refractivity contribution in [2.75, 3.05) is 47.1 Å². The molecule has 0 saturated carbocycles. The van der Waals surface area contributed by atoms with Crippen molar-refractivity contribution in [3.05, 3.63) is 0 Å². The predicted octanol–water partition coefficient (Wildman–Crippen LogP) is -0.297. The number of carbonyl (C=O) groups excluding carboxylic acids is 1. The second-order valence-corrected chi connectivity index (χ2v) is 3.66. The molecule has 0 fully saturated rings. The van der Waals surface area contributed by atoms with Gasteiger partial charge in [0.2, 0.25) is 5.91 Å². The highest BCUT2D eigenvalue weighted by Gasteiger charge is 2.11. The Morgan fingerprint density at radius 1 is 1.47 bits per heavy atom. The van der Waals surface area contributed by atoms with Gasteiger partial charge < -0.3 is 20.1 Å². The summed E-state index contributed by atoms with van der Waals surface area (Å²) in [6.45, 7) is 4.33. The Hall–Kier alpha value is -0.650. The van der Waals surface area contributed by atoms with Crippen LogP contribution < -0.4 is 5.73 Å². The monoisotopic (exact) mass is 218 g/mol. The summed E-state index contributed by atoms with van der Waals surface area (Å²) in [6.07, 6.45) is 0. The van der Waals surface area contributed by atoms with Gasteiger partial charge in [-0.15, -0.1) is 0 Å². The molecule has 0 radical (unpaired) electrons. The Balaban J connectivity index is 3.60. The molecule has 5 heteroatoms. The molecule has 0 heterocycles. The van der Waals surface area contributed by atoms with E-state index in [0.29, 0.717) is 32.2 Å². The van der Waals surface area contributed by atoms with Gasteiger partial charge in [-0.2, -0.15) is 0 Å². The van der Waals surface area contributed by atoms with E-state index in [2.05, 4.69) is 0 Å². The molecule has 1 unspecified atom stereocenters. The molecule has 0 aromatic heterocycles. The minimum atomic E-state index is -0.0218. The summed E-state index contributed by atoms with van der Waals surface area (Å²) >= 11 is 0. The molecule has 0 aromatic carbocycles. The van der Waals surface area contributed by atoms with Gasteiger partial charge in [0.25, 0.3) is 0 Å². The van der Waals surface area contributed by atoms with Crippen LogP contribution in [-0.2, 0) is 14.3 Å². The van der Waals surface area contributed by atoms with Crippen LogP contribution in [0.2, 0.25) is 0 Å². The molecule has 1 atom stereocenters. The fraction of sp³-hybridized carbons (Fsp3) is 0.900. The van der Waals surface area contributed by atoms with E-state index in [1.807, 2.05) is 6.92 Å². The maximum absolute atomic E-state index is 11.5. The van der Waals surface area contributed by atoms with Gasteiger partial charge in [-0.05, 0) is 12.5 Å². The van der Waals surface area contributed by atoms with Gasteiger partial charge in [0, 0.05) is 20.7 Å². The van der Waals surface area contributed by atoms with Crippen LogP contribution in [0.3, 0.4) is 0 Å². The van der Waals surface area contributed by atoms with E-state index < -0.39 is 0 Å². The molecule has 0 spiro atoms. The number of nitrogens with two attached hydrogens (primary N) is 1. The van der Waals surface area contributed by atoms with E-state index >= 15 is 0 Å². The average molecular weight is 218 g/mol. The Labute approximate surface area is 91.5 Å². The van der Waals surface area contributed by atoms with Gasteiger partial charge in [-0.1, -0.05) is 6.92 Å². The Morgan fingerprint density at radius 2 is 2.13 bits per heavy atom. The van der Waals surface area contributed by atoms with E-state index in [1.165, 1.54) is 0 Å². The van der Waals surface area contributed by atoms with Crippen molar-refractivity contribution < 1.29 is 14.3 Å². The fourth-order valence-corrected chi connectivity index (χ4v) is 1.06. The molecule has 90 valence electrons. The van der Waals surface area contributed by atoms with Crippen LogP contribution in [0, 0.1) is 5.92 Å². The first-order valence-corrected chi connectivity index (χ1v) is 5.12. The number of ether oxygens (including phenoxy) is 2. The second kappa shape index (κ2) is 8.64. The highest BCUT2D eigenvalue weighted by Crippen LogP contribution is 1.96. The first-order chi connectivity index (χ1) is 7.11. The zero-order valence-corrected chi connectivity index (χ0v) is 9.86. The molecule has 0 bridgehead atoms. The molecule has 0 aromatic rings. The lowest BCUT2D eigenvalue weighted by molar-refractivity contribution is -0.135. The van der Waals surface area contributed by atoms with Crippen molar-refractivity contribution in [2.24, 2.45) is 11.7 Å². The number of hydrogen-bond acceptors (Lipinski definition) is 4. The van der Waals surface area contributed by atoms with E-state index in [0.717, 1.165) is 0 Å². The summed E-state index contributed by atoms with van der Waals surface area (Å²) in [6, 6.07) is 0. The zero-order valence-electron chi connectivity index (χ0n) is 9.86. The highest BCUT2D eigenvalue weighted by molar-refractivity contribution is 5.77. The van der Waals surface area contributed by atoms with Crippen molar-refractivity contribution in [3.8, 4) is 0 Å². The molecule has 1 amide bonds. The van der Waals surface area contributed by atoms with E-state index in [4.69, 9.17) is 15.2 Å². The minimum absolute atomic E-state index is 0.0218. The molecule has 5 nitrogen and oxygen atoms in total. The van der Waals surface area contributed by atoms with Gasteiger partial charge >= 0.3 is 0 Å². The smallest absolute Gasteiger partial charge is 0.248 e. The van der Waals surface area contributed by atoms with Crippen molar-refractivity contribution in [2.45, 2.75) is 6.92 Å². The van der Waals surface area contributed by atoms with Crippen molar-refractivity contribution in [1.29, 1.82) is 0 Å². The van der Waals surface area contributed by atoms with Crippen LogP contribution >= 0.6 is 0 Å². The van der Waals surface area contributed by atoms with Gasteiger partial charge in [-0.25, -0.2) is 0 Å². The van der Waals surface area contributed by atoms with E-state index in [9.17, 15) is 4.79 Å². The van der Waals surface area contributed by atoms with Gasteiger partial charge in [0.15, 0.2) is 0 Å². The fourth-order valence-electron chi connectivity index (χ4n) is 1.06. The largest absolute Gasteiger partial charge is 0.382 e. The molecular weight excluding hydrogens is 196 g/mol. The Kier molecular flexibility index (Phi) is 8.27. The third-order valence-corrected chi connectivity index (χ3v) is 2.07. The quantitative estimate of drug-likeness (QED) is 0.568. The lowest BCUT2D eigenvalue weighted by Crippen LogP contribution is -2.36. The molecule has 0 saturated heterocycles. The second-order valence-electron chi connectivity index (χ2n) is 3.66. The third-order valence-electron chi connectivity index (χ3n) is 2.07. The Bertz CT molecular complexity index is 176. The first-order valence-electron chi connectivity index (χ1n) is 5.12. The van der Waals surface area contributed by atoms with Gasteiger partial charge in [-0.3, -0.25) is 4.79 Å². The normalized spacial score (nSPS) is 12.5.